The first-order valence-corrected chi connectivity index (χ1v) is 5.38. The van der Waals surface area contributed by atoms with Gasteiger partial charge < -0.3 is 10.1 Å². The summed E-state index contributed by atoms with van der Waals surface area (Å²) < 4.78 is 18.6. The Bertz CT molecular complexity index is 339. The third-order valence-corrected chi connectivity index (χ3v) is 2.76. The number of ether oxygens (including phenoxy) is 1. The van der Waals surface area contributed by atoms with Crippen molar-refractivity contribution < 1.29 is 9.13 Å². The van der Waals surface area contributed by atoms with Gasteiger partial charge in [-0.1, -0.05) is 17.7 Å². The van der Waals surface area contributed by atoms with E-state index < -0.39 is 0 Å². The van der Waals surface area contributed by atoms with Crippen LogP contribution in [-0.2, 0) is 11.3 Å². The maximum Gasteiger partial charge on any atom is 0.129 e. The Morgan fingerprint density at radius 3 is 3.07 bits per heavy atom. The van der Waals surface area contributed by atoms with E-state index in [1.165, 1.54) is 6.07 Å². The average Bonchev–Trinajstić information content (AvgIpc) is 2.69. The fraction of sp³-hybridized carbons (Fsp3) is 0.455. The van der Waals surface area contributed by atoms with Gasteiger partial charge in [0.2, 0.25) is 0 Å². The van der Waals surface area contributed by atoms with Gasteiger partial charge in [0, 0.05) is 29.8 Å². The van der Waals surface area contributed by atoms with E-state index in [-0.39, 0.29) is 5.82 Å². The number of nitrogens with one attached hydrogen (secondary N) is 1. The molecule has 1 aliphatic heterocycles. The van der Waals surface area contributed by atoms with Crippen molar-refractivity contribution in [1.82, 2.24) is 5.32 Å². The zero-order valence-electron chi connectivity index (χ0n) is 8.30. The monoisotopic (exact) mass is 229 g/mol. The van der Waals surface area contributed by atoms with E-state index in [9.17, 15) is 4.39 Å². The Hall–Kier alpha value is -0.640. The standard InChI is InChI=1S/C11H13ClFNO/c12-9-2-1-8(11(13)5-9)6-14-10-3-4-15-7-10/h1-2,5,10,14H,3-4,6-7H2. The Balaban J connectivity index is 1.92. The minimum atomic E-state index is -0.256. The van der Waals surface area contributed by atoms with E-state index in [2.05, 4.69) is 5.32 Å². The topological polar surface area (TPSA) is 21.3 Å². The number of hydrogen-bond donors (Lipinski definition) is 1. The lowest BCUT2D eigenvalue weighted by atomic mass is 10.2. The van der Waals surface area contributed by atoms with Crippen LogP contribution in [0.4, 0.5) is 4.39 Å². The molecule has 0 bridgehead atoms. The van der Waals surface area contributed by atoms with Crippen LogP contribution in [0.2, 0.25) is 5.02 Å². The zero-order valence-corrected chi connectivity index (χ0v) is 9.06. The summed E-state index contributed by atoms with van der Waals surface area (Å²) >= 11 is 5.66. The average molecular weight is 230 g/mol. The van der Waals surface area contributed by atoms with Crippen LogP contribution in [0, 0.1) is 5.82 Å². The molecule has 1 aromatic carbocycles. The highest BCUT2D eigenvalue weighted by atomic mass is 35.5. The summed E-state index contributed by atoms with van der Waals surface area (Å²) in [4.78, 5) is 0. The number of halogens is 2. The molecule has 1 fully saturated rings. The first kappa shape index (κ1) is 10.9. The Kier molecular flexibility index (Phi) is 3.57. The van der Waals surface area contributed by atoms with Crippen molar-refractivity contribution in [3.8, 4) is 0 Å². The molecule has 0 spiro atoms. The summed E-state index contributed by atoms with van der Waals surface area (Å²) in [5, 5.41) is 3.68. The van der Waals surface area contributed by atoms with Crippen LogP contribution in [0.15, 0.2) is 18.2 Å². The summed E-state index contributed by atoms with van der Waals surface area (Å²) in [7, 11) is 0. The largest absolute Gasteiger partial charge is 0.380 e. The Morgan fingerprint density at radius 2 is 2.40 bits per heavy atom. The molecule has 2 rings (SSSR count). The van der Waals surface area contributed by atoms with Crippen molar-refractivity contribution in [3.63, 3.8) is 0 Å². The Morgan fingerprint density at radius 1 is 1.53 bits per heavy atom. The molecule has 0 saturated carbocycles. The van der Waals surface area contributed by atoms with Crippen molar-refractivity contribution in [3.05, 3.63) is 34.6 Å². The molecule has 1 heterocycles. The van der Waals surface area contributed by atoms with Crippen LogP contribution < -0.4 is 5.32 Å². The van der Waals surface area contributed by atoms with E-state index in [1.807, 2.05) is 0 Å². The van der Waals surface area contributed by atoms with E-state index in [0.29, 0.717) is 23.2 Å². The van der Waals surface area contributed by atoms with E-state index >= 15 is 0 Å². The van der Waals surface area contributed by atoms with Gasteiger partial charge in [-0.25, -0.2) is 4.39 Å². The van der Waals surface area contributed by atoms with Crippen LogP contribution in [0.3, 0.4) is 0 Å². The highest BCUT2D eigenvalue weighted by Crippen LogP contribution is 2.15. The van der Waals surface area contributed by atoms with Gasteiger partial charge in [0.05, 0.1) is 6.61 Å². The summed E-state index contributed by atoms with van der Waals surface area (Å²) in [5.41, 5.74) is 0.645. The van der Waals surface area contributed by atoms with Crippen LogP contribution in [-0.4, -0.2) is 19.3 Å². The molecular weight excluding hydrogens is 217 g/mol. The molecule has 1 atom stereocenters. The van der Waals surface area contributed by atoms with Crippen molar-refractivity contribution in [2.45, 2.75) is 19.0 Å². The SMILES string of the molecule is Fc1cc(Cl)ccc1CNC1CCOC1. The molecule has 4 heteroatoms. The second-order valence-electron chi connectivity index (χ2n) is 3.68. The van der Waals surface area contributed by atoms with Crippen molar-refractivity contribution >= 4 is 11.6 Å². The number of hydrogen-bond acceptors (Lipinski definition) is 2. The molecule has 0 aliphatic carbocycles. The zero-order chi connectivity index (χ0) is 10.7. The molecule has 2 nitrogen and oxygen atoms in total. The van der Waals surface area contributed by atoms with Crippen LogP contribution >= 0.6 is 11.6 Å². The normalized spacial score (nSPS) is 20.8. The van der Waals surface area contributed by atoms with Gasteiger partial charge in [-0.15, -0.1) is 0 Å². The van der Waals surface area contributed by atoms with Crippen LogP contribution in [0.5, 0.6) is 0 Å². The molecule has 1 saturated heterocycles. The molecule has 0 radical (unpaired) electrons. The molecule has 1 N–H and O–H groups in total. The number of rotatable bonds is 3. The molecule has 0 amide bonds. The van der Waals surface area contributed by atoms with Crippen LogP contribution in [0.25, 0.3) is 0 Å². The second-order valence-corrected chi connectivity index (χ2v) is 4.11. The van der Waals surface area contributed by atoms with Gasteiger partial charge in [0.15, 0.2) is 0 Å². The maximum atomic E-state index is 13.4. The lowest BCUT2D eigenvalue weighted by molar-refractivity contribution is 0.189. The number of benzene rings is 1. The fourth-order valence-corrected chi connectivity index (χ4v) is 1.77. The van der Waals surface area contributed by atoms with E-state index in [1.54, 1.807) is 12.1 Å². The van der Waals surface area contributed by atoms with Gasteiger partial charge in [0.25, 0.3) is 0 Å². The molecular formula is C11H13ClFNO. The summed E-state index contributed by atoms with van der Waals surface area (Å²) in [6, 6.07) is 5.09. The summed E-state index contributed by atoms with van der Waals surface area (Å²) in [6.07, 6.45) is 0.995. The molecule has 15 heavy (non-hydrogen) atoms. The first-order valence-electron chi connectivity index (χ1n) is 5.01. The van der Waals surface area contributed by atoms with E-state index in [0.717, 1.165) is 19.6 Å². The van der Waals surface area contributed by atoms with Crippen molar-refractivity contribution in [2.24, 2.45) is 0 Å². The fourth-order valence-electron chi connectivity index (χ4n) is 1.61. The predicted molar refractivity (Wildman–Crippen MR) is 57.5 cm³/mol. The molecule has 0 aromatic heterocycles. The highest BCUT2D eigenvalue weighted by Gasteiger charge is 2.15. The molecule has 1 aliphatic rings. The van der Waals surface area contributed by atoms with Crippen molar-refractivity contribution in [1.29, 1.82) is 0 Å². The van der Waals surface area contributed by atoms with Crippen molar-refractivity contribution in [2.75, 3.05) is 13.2 Å². The van der Waals surface area contributed by atoms with Gasteiger partial charge in [-0.2, -0.15) is 0 Å². The molecule has 82 valence electrons. The van der Waals surface area contributed by atoms with Gasteiger partial charge in [0.1, 0.15) is 5.82 Å². The predicted octanol–water partition coefficient (Wildman–Crippen LogP) is 2.36. The second kappa shape index (κ2) is 4.92. The lowest BCUT2D eigenvalue weighted by Gasteiger charge is -2.10. The first-order chi connectivity index (χ1) is 7.25. The molecule has 1 aromatic rings. The van der Waals surface area contributed by atoms with Gasteiger partial charge >= 0.3 is 0 Å². The quantitative estimate of drug-likeness (QED) is 0.859. The maximum absolute atomic E-state index is 13.4. The third-order valence-electron chi connectivity index (χ3n) is 2.53. The summed E-state index contributed by atoms with van der Waals surface area (Å²) in [5.74, 6) is -0.256. The lowest BCUT2D eigenvalue weighted by Crippen LogP contribution is -2.28. The third kappa shape index (κ3) is 2.91. The molecule has 1 unspecified atom stereocenters. The minimum Gasteiger partial charge on any atom is -0.380 e. The Labute approximate surface area is 93.4 Å². The van der Waals surface area contributed by atoms with Gasteiger partial charge in [-0.05, 0) is 18.6 Å². The summed E-state index contributed by atoms with van der Waals surface area (Å²) in [6.45, 7) is 2.03. The minimum absolute atomic E-state index is 0.256. The smallest absolute Gasteiger partial charge is 0.129 e. The highest BCUT2D eigenvalue weighted by molar-refractivity contribution is 6.30. The van der Waals surface area contributed by atoms with Crippen LogP contribution in [0.1, 0.15) is 12.0 Å². The van der Waals surface area contributed by atoms with E-state index in [4.69, 9.17) is 16.3 Å². The van der Waals surface area contributed by atoms with Gasteiger partial charge in [-0.3, -0.25) is 0 Å².